The van der Waals surface area contributed by atoms with Gasteiger partial charge in [-0.3, -0.25) is 4.79 Å². The lowest BCUT2D eigenvalue weighted by Gasteiger charge is -2.13. The van der Waals surface area contributed by atoms with Crippen LogP contribution >= 0.6 is 11.3 Å². The molecule has 0 aliphatic carbocycles. The first kappa shape index (κ1) is 22.7. The van der Waals surface area contributed by atoms with E-state index in [-0.39, 0.29) is 11.3 Å². The molecule has 0 unspecified atom stereocenters. The summed E-state index contributed by atoms with van der Waals surface area (Å²) >= 11 is 1.48. The standard InChI is InChI=1S/C24H27N7OS/c1-5-8-20(32)25-23-31(28-22(33-23)24(2,3)4)15-16-11-13-17(14-12-16)18-9-6-7-10-19(18)21-26-29-30-27-21/h6-7,9-14H,5,8,15H2,1-4H3,(H,26,27,29,30). The molecule has 0 aliphatic heterocycles. The Morgan fingerprint density at radius 2 is 1.82 bits per heavy atom. The van der Waals surface area contributed by atoms with Gasteiger partial charge < -0.3 is 0 Å². The molecule has 0 saturated carbocycles. The van der Waals surface area contributed by atoms with Crippen molar-refractivity contribution in [2.75, 3.05) is 0 Å². The van der Waals surface area contributed by atoms with Crippen molar-refractivity contribution in [3.8, 4) is 22.5 Å². The highest BCUT2D eigenvalue weighted by molar-refractivity contribution is 7.09. The van der Waals surface area contributed by atoms with Gasteiger partial charge in [-0.2, -0.15) is 15.3 Å². The van der Waals surface area contributed by atoms with Gasteiger partial charge in [0.2, 0.25) is 16.5 Å². The van der Waals surface area contributed by atoms with Gasteiger partial charge >= 0.3 is 0 Å². The Morgan fingerprint density at radius 1 is 1.09 bits per heavy atom. The third-order valence-electron chi connectivity index (χ3n) is 5.06. The SMILES string of the molecule is CCCC(=O)N=c1sc(C(C)(C)C)nn1Cc1ccc(-c2ccccc2-c2nn[nH]n2)cc1. The van der Waals surface area contributed by atoms with E-state index >= 15 is 0 Å². The van der Waals surface area contributed by atoms with E-state index in [4.69, 9.17) is 5.10 Å². The molecule has 170 valence electrons. The Kier molecular flexibility index (Phi) is 6.60. The molecule has 0 saturated heterocycles. The molecule has 1 N–H and O–H groups in total. The number of hydrogen-bond acceptors (Lipinski definition) is 6. The first-order valence-corrected chi connectivity index (χ1v) is 11.7. The lowest BCUT2D eigenvalue weighted by molar-refractivity contribution is -0.118. The van der Waals surface area contributed by atoms with Gasteiger partial charge in [-0.15, -0.1) is 10.2 Å². The van der Waals surface area contributed by atoms with Gasteiger partial charge in [0.1, 0.15) is 5.01 Å². The summed E-state index contributed by atoms with van der Waals surface area (Å²) in [6.45, 7) is 8.86. The fourth-order valence-corrected chi connectivity index (χ4v) is 4.32. The predicted octanol–water partition coefficient (Wildman–Crippen LogP) is 4.36. The first-order chi connectivity index (χ1) is 15.8. The smallest absolute Gasteiger partial charge is 0.248 e. The second kappa shape index (κ2) is 9.58. The Bertz CT molecular complexity index is 1300. The van der Waals surface area contributed by atoms with E-state index in [1.165, 1.54) is 11.3 Å². The number of rotatable bonds is 6. The van der Waals surface area contributed by atoms with Crippen LogP contribution in [-0.2, 0) is 16.8 Å². The van der Waals surface area contributed by atoms with Gasteiger partial charge in [0, 0.05) is 17.4 Å². The minimum absolute atomic E-state index is 0.108. The molecule has 2 aromatic carbocycles. The van der Waals surface area contributed by atoms with Crippen LogP contribution in [0.1, 0.15) is 51.1 Å². The number of benzene rings is 2. The highest BCUT2D eigenvalue weighted by Gasteiger charge is 2.20. The van der Waals surface area contributed by atoms with Crippen molar-refractivity contribution in [3.05, 3.63) is 63.9 Å². The fourth-order valence-electron chi connectivity index (χ4n) is 3.34. The second-order valence-electron chi connectivity index (χ2n) is 8.83. The number of aromatic amines is 1. The van der Waals surface area contributed by atoms with Crippen LogP contribution in [0.15, 0.2) is 53.5 Å². The summed E-state index contributed by atoms with van der Waals surface area (Å²) in [5, 5.41) is 20.2. The number of H-pyrrole nitrogens is 1. The highest BCUT2D eigenvalue weighted by Crippen LogP contribution is 2.30. The number of hydrogen-bond donors (Lipinski definition) is 1. The Hall–Kier alpha value is -3.46. The molecule has 4 rings (SSSR count). The van der Waals surface area contributed by atoms with Crippen molar-refractivity contribution in [1.29, 1.82) is 0 Å². The molecule has 0 spiro atoms. The molecule has 4 aromatic rings. The minimum Gasteiger partial charge on any atom is -0.273 e. The van der Waals surface area contributed by atoms with Crippen molar-refractivity contribution in [3.63, 3.8) is 0 Å². The lowest BCUT2D eigenvalue weighted by atomic mass is 9.98. The van der Waals surface area contributed by atoms with Gasteiger partial charge in [-0.1, -0.05) is 87.6 Å². The van der Waals surface area contributed by atoms with E-state index in [1.54, 1.807) is 0 Å². The van der Waals surface area contributed by atoms with Crippen LogP contribution in [0.5, 0.6) is 0 Å². The molecule has 0 aliphatic rings. The van der Waals surface area contributed by atoms with Crippen molar-refractivity contribution >= 4 is 17.2 Å². The van der Waals surface area contributed by atoms with Gasteiger partial charge in [-0.05, 0) is 28.3 Å². The zero-order chi connectivity index (χ0) is 23.4. The third-order valence-corrected chi connectivity index (χ3v) is 6.43. The normalized spacial score (nSPS) is 12.3. The average molecular weight is 462 g/mol. The van der Waals surface area contributed by atoms with E-state index < -0.39 is 0 Å². The first-order valence-electron chi connectivity index (χ1n) is 10.9. The van der Waals surface area contributed by atoms with Crippen LogP contribution in [0.4, 0.5) is 0 Å². The number of carbonyl (C=O) groups is 1. The molecule has 8 nitrogen and oxygen atoms in total. The monoisotopic (exact) mass is 461 g/mol. The molecular weight excluding hydrogens is 434 g/mol. The summed E-state index contributed by atoms with van der Waals surface area (Å²) in [6, 6.07) is 16.3. The molecule has 0 radical (unpaired) electrons. The van der Waals surface area contributed by atoms with Crippen molar-refractivity contribution in [2.45, 2.75) is 52.5 Å². The van der Waals surface area contributed by atoms with Gasteiger partial charge in [0.15, 0.2) is 0 Å². The molecule has 2 aromatic heterocycles. The van der Waals surface area contributed by atoms with Crippen LogP contribution in [0, 0.1) is 0 Å². The van der Waals surface area contributed by atoms with Gasteiger partial charge in [0.25, 0.3) is 0 Å². The molecule has 0 bridgehead atoms. The van der Waals surface area contributed by atoms with E-state index in [0.717, 1.165) is 33.7 Å². The van der Waals surface area contributed by atoms with Crippen molar-refractivity contribution in [2.24, 2.45) is 4.99 Å². The number of nitrogens with one attached hydrogen (secondary N) is 1. The maximum Gasteiger partial charge on any atom is 0.248 e. The summed E-state index contributed by atoms with van der Waals surface area (Å²) in [7, 11) is 0. The zero-order valence-corrected chi connectivity index (χ0v) is 20.1. The van der Waals surface area contributed by atoms with Gasteiger partial charge in [0.05, 0.1) is 6.54 Å². The highest BCUT2D eigenvalue weighted by atomic mass is 32.1. The van der Waals surface area contributed by atoms with Crippen LogP contribution in [0.2, 0.25) is 0 Å². The number of nitrogens with zero attached hydrogens (tertiary/aromatic N) is 6. The van der Waals surface area contributed by atoms with Crippen LogP contribution in [0.25, 0.3) is 22.5 Å². The maximum absolute atomic E-state index is 12.2. The summed E-state index contributed by atoms with van der Waals surface area (Å²) in [6.07, 6.45) is 1.22. The molecule has 9 heteroatoms. The number of carbonyl (C=O) groups excluding carboxylic acids is 1. The molecule has 1 amide bonds. The summed E-state index contributed by atoms with van der Waals surface area (Å²) in [5.41, 5.74) is 3.96. The van der Waals surface area contributed by atoms with Crippen LogP contribution < -0.4 is 4.80 Å². The maximum atomic E-state index is 12.2. The van der Waals surface area contributed by atoms with Crippen LogP contribution in [-0.4, -0.2) is 36.3 Å². The lowest BCUT2D eigenvalue weighted by Crippen LogP contribution is -2.19. The fraction of sp³-hybridized carbons (Fsp3) is 0.333. The number of tetrazole rings is 1. The predicted molar refractivity (Wildman–Crippen MR) is 128 cm³/mol. The van der Waals surface area contributed by atoms with E-state index in [9.17, 15) is 4.79 Å². The Morgan fingerprint density at radius 3 is 2.45 bits per heavy atom. The van der Waals surface area contributed by atoms with Gasteiger partial charge in [-0.25, -0.2) is 4.68 Å². The molecule has 33 heavy (non-hydrogen) atoms. The van der Waals surface area contributed by atoms with Crippen molar-refractivity contribution in [1.82, 2.24) is 30.4 Å². The summed E-state index contributed by atoms with van der Waals surface area (Å²) < 4.78 is 1.83. The van der Waals surface area contributed by atoms with Crippen molar-refractivity contribution < 1.29 is 4.79 Å². The van der Waals surface area contributed by atoms with E-state index in [0.29, 0.717) is 23.6 Å². The molecule has 2 heterocycles. The summed E-state index contributed by atoms with van der Waals surface area (Å²) in [5.74, 6) is 0.453. The van der Waals surface area contributed by atoms with Crippen LogP contribution in [0.3, 0.4) is 0 Å². The molecule has 0 fully saturated rings. The topological polar surface area (TPSA) is 102 Å². The Labute approximate surface area is 196 Å². The van der Waals surface area contributed by atoms with E-state index in [1.807, 2.05) is 35.9 Å². The third kappa shape index (κ3) is 5.31. The largest absolute Gasteiger partial charge is 0.273 e. The molecular formula is C24H27N7OS. The Balaban J connectivity index is 1.65. The van der Waals surface area contributed by atoms with E-state index in [2.05, 4.69) is 70.7 Å². The number of aromatic nitrogens is 6. The quantitative estimate of drug-likeness (QED) is 0.459. The zero-order valence-electron chi connectivity index (χ0n) is 19.2. The second-order valence-corrected chi connectivity index (χ2v) is 9.79. The average Bonchev–Trinajstić information content (AvgIpc) is 3.45. The summed E-state index contributed by atoms with van der Waals surface area (Å²) in [4.78, 5) is 17.2. The minimum atomic E-state index is -0.114. The number of amides is 1. The molecule has 0 atom stereocenters.